The minimum atomic E-state index is -0.0654. The number of nitrogens with two attached hydrogens (primary N) is 3. The van der Waals surface area contributed by atoms with Crippen molar-refractivity contribution in [3.63, 3.8) is 0 Å². The fourth-order valence-electron chi connectivity index (χ4n) is 3.32. The predicted octanol–water partition coefficient (Wildman–Crippen LogP) is 2.93. The van der Waals surface area contributed by atoms with E-state index in [1.165, 1.54) is 0 Å². The van der Waals surface area contributed by atoms with Crippen molar-refractivity contribution < 1.29 is 9.59 Å². The van der Waals surface area contributed by atoms with Gasteiger partial charge in [0, 0.05) is 29.9 Å². The first kappa shape index (κ1) is 25.7. The zero-order valence-corrected chi connectivity index (χ0v) is 19.2. The summed E-state index contributed by atoms with van der Waals surface area (Å²) in [5, 5.41) is 5.90. The summed E-state index contributed by atoms with van der Waals surface area (Å²) in [7, 11) is 0. The molecular weight excluding hydrogens is 416 g/mol. The molecular formula is C25H36N6O2. The molecule has 0 saturated heterocycles. The lowest BCUT2D eigenvalue weighted by Crippen LogP contribution is -2.24. The second kappa shape index (κ2) is 14.5. The SMILES string of the molecule is NC(N)=NCc1ccc(C(=O)NCCCCCCCCCNC(=O)c2ccc(N)cc2)cc1. The predicted molar refractivity (Wildman–Crippen MR) is 134 cm³/mol. The maximum Gasteiger partial charge on any atom is 0.251 e. The first-order valence-corrected chi connectivity index (χ1v) is 11.5. The van der Waals surface area contributed by atoms with Crippen molar-refractivity contribution >= 4 is 23.5 Å². The second-order valence-electron chi connectivity index (χ2n) is 8.05. The number of carbonyl (C=O) groups excluding carboxylic acids is 2. The Balaban J connectivity index is 1.45. The highest BCUT2D eigenvalue weighted by atomic mass is 16.2. The van der Waals surface area contributed by atoms with Crippen LogP contribution in [-0.2, 0) is 6.54 Å². The molecule has 8 nitrogen and oxygen atoms in total. The van der Waals surface area contributed by atoms with Crippen LogP contribution in [0.2, 0.25) is 0 Å². The number of hydrogen-bond acceptors (Lipinski definition) is 4. The molecule has 178 valence electrons. The van der Waals surface area contributed by atoms with Crippen LogP contribution in [0.15, 0.2) is 53.5 Å². The molecule has 8 heteroatoms. The third kappa shape index (κ3) is 10.5. The van der Waals surface area contributed by atoms with Crippen LogP contribution in [0.5, 0.6) is 0 Å². The van der Waals surface area contributed by atoms with Crippen molar-refractivity contribution in [2.24, 2.45) is 16.5 Å². The lowest BCUT2D eigenvalue weighted by Gasteiger charge is -2.07. The Morgan fingerprint density at radius 2 is 1.09 bits per heavy atom. The molecule has 2 aromatic carbocycles. The number of carbonyl (C=O) groups is 2. The Bertz CT molecular complexity index is 890. The largest absolute Gasteiger partial charge is 0.399 e. The van der Waals surface area contributed by atoms with Gasteiger partial charge in [-0.05, 0) is 54.8 Å². The van der Waals surface area contributed by atoms with Gasteiger partial charge in [-0.2, -0.15) is 0 Å². The molecule has 0 atom stereocenters. The number of rotatable bonds is 14. The van der Waals surface area contributed by atoms with E-state index in [9.17, 15) is 9.59 Å². The third-order valence-corrected chi connectivity index (χ3v) is 5.26. The fourth-order valence-corrected chi connectivity index (χ4v) is 3.32. The molecule has 0 spiro atoms. The average molecular weight is 453 g/mol. The highest BCUT2D eigenvalue weighted by Crippen LogP contribution is 2.09. The molecule has 0 unspecified atom stereocenters. The number of nitrogens with one attached hydrogen (secondary N) is 2. The van der Waals surface area contributed by atoms with Gasteiger partial charge in [-0.3, -0.25) is 9.59 Å². The lowest BCUT2D eigenvalue weighted by atomic mass is 10.1. The van der Waals surface area contributed by atoms with E-state index in [-0.39, 0.29) is 17.8 Å². The van der Waals surface area contributed by atoms with Gasteiger partial charge in [0.25, 0.3) is 11.8 Å². The Morgan fingerprint density at radius 3 is 1.55 bits per heavy atom. The van der Waals surface area contributed by atoms with E-state index in [0.717, 1.165) is 50.5 Å². The summed E-state index contributed by atoms with van der Waals surface area (Å²) in [5.74, 6) is -0.0703. The van der Waals surface area contributed by atoms with E-state index >= 15 is 0 Å². The molecule has 0 fully saturated rings. The number of benzene rings is 2. The molecule has 0 aliphatic rings. The van der Waals surface area contributed by atoms with E-state index < -0.39 is 0 Å². The van der Waals surface area contributed by atoms with Crippen molar-refractivity contribution in [3.05, 3.63) is 65.2 Å². The Labute approximate surface area is 196 Å². The molecule has 2 rings (SSSR count). The molecule has 0 aliphatic carbocycles. The molecule has 33 heavy (non-hydrogen) atoms. The summed E-state index contributed by atoms with van der Waals surface area (Å²) in [6.07, 6.45) is 7.58. The number of anilines is 1. The van der Waals surface area contributed by atoms with Crippen LogP contribution in [0.1, 0.15) is 71.2 Å². The van der Waals surface area contributed by atoms with Crippen LogP contribution in [0.25, 0.3) is 0 Å². The van der Waals surface area contributed by atoms with Crippen molar-refractivity contribution in [3.8, 4) is 0 Å². The number of nitrogens with zero attached hydrogens (tertiary/aromatic N) is 1. The highest BCUT2D eigenvalue weighted by Gasteiger charge is 2.05. The Morgan fingerprint density at radius 1 is 0.667 bits per heavy atom. The second-order valence-corrected chi connectivity index (χ2v) is 8.05. The van der Waals surface area contributed by atoms with Crippen LogP contribution in [0.3, 0.4) is 0 Å². The zero-order chi connectivity index (χ0) is 23.9. The van der Waals surface area contributed by atoms with Gasteiger partial charge in [-0.1, -0.05) is 44.2 Å². The third-order valence-electron chi connectivity index (χ3n) is 5.26. The van der Waals surface area contributed by atoms with E-state index in [4.69, 9.17) is 17.2 Å². The van der Waals surface area contributed by atoms with Crippen molar-refractivity contribution in [1.29, 1.82) is 0 Å². The summed E-state index contributed by atoms with van der Waals surface area (Å²) in [6.45, 7) is 1.76. The Kier molecular flexibility index (Phi) is 11.3. The number of guanidine groups is 1. The maximum absolute atomic E-state index is 12.2. The Hall–Kier alpha value is -3.55. The molecule has 2 aromatic rings. The molecule has 2 amide bonds. The summed E-state index contributed by atoms with van der Waals surface area (Å²) in [4.78, 5) is 28.1. The van der Waals surface area contributed by atoms with Crippen LogP contribution < -0.4 is 27.8 Å². The van der Waals surface area contributed by atoms with Crippen molar-refractivity contribution in [2.45, 2.75) is 51.5 Å². The number of nitrogen functional groups attached to an aromatic ring is 1. The van der Waals surface area contributed by atoms with Gasteiger partial charge in [0.2, 0.25) is 0 Å². The number of unbranched alkanes of at least 4 members (excludes halogenated alkanes) is 6. The van der Waals surface area contributed by atoms with Crippen LogP contribution in [-0.4, -0.2) is 30.9 Å². The number of hydrogen-bond donors (Lipinski definition) is 5. The van der Waals surface area contributed by atoms with Crippen molar-refractivity contribution in [1.82, 2.24) is 10.6 Å². The molecule has 0 heterocycles. The fraction of sp³-hybridized carbons (Fsp3) is 0.400. The first-order valence-electron chi connectivity index (χ1n) is 11.5. The normalized spacial score (nSPS) is 10.4. The smallest absolute Gasteiger partial charge is 0.251 e. The quantitative estimate of drug-likeness (QED) is 0.129. The van der Waals surface area contributed by atoms with Crippen molar-refractivity contribution in [2.75, 3.05) is 18.8 Å². The van der Waals surface area contributed by atoms with Crippen LogP contribution >= 0.6 is 0 Å². The lowest BCUT2D eigenvalue weighted by molar-refractivity contribution is 0.0945. The van der Waals surface area contributed by atoms with Crippen LogP contribution in [0, 0.1) is 0 Å². The molecule has 0 bridgehead atoms. The van der Waals surface area contributed by atoms with Gasteiger partial charge < -0.3 is 27.8 Å². The topological polar surface area (TPSA) is 149 Å². The number of aliphatic imine (C=N–C) groups is 1. The van der Waals surface area contributed by atoms with Crippen LogP contribution in [0.4, 0.5) is 5.69 Å². The summed E-state index contributed by atoms with van der Waals surface area (Å²) in [5.41, 5.74) is 19.1. The average Bonchev–Trinajstić information content (AvgIpc) is 2.81. The van der Waals surface area contributed by atoms with Gasteiger partial charge >= 0.3 is 0 Å². The number of amides is 2. The molecule has 0 radical (unpaired) electrons. The first-order chi connectivity index (χ1) is 16.0. The summed E-state index contributed by atoms with van der Waals surface area (Å²) < 4.78 is 0. The standard InChI is InChI=1S/C25H36N6O2/c26-22-14-12-21(13-15-22)24(33)30-17-7-5-3-1-2-4-6-16-29-23(32)20-10-8-19(9-11-20)18-31-25(27)28/h8-15H,1-7,16-18,26H2,(H,29,32)(H,30,33)(H4,27,28,31). The minimum Gasteiger partial charge on any atom is -0.399 e. The molecule has 0 aromatic heterocycles. The monoisotopic (exact) mass is 452 g/mol. The summed E-state index contributed by atoms with van der Waals surface area (Å²) in [6, 6.07) is 14.2. The molecule has 8 N–H and O–H groups in total. The van der Waals surface area contributed by atoms with E-state index in [2.05, 4.69) is 15.6 Å². The van der Waals surface area contributed by atoms with Gasteiger partial charge in [-0.15, -0.1) is 0 Å². The summed E-state index contributed by atoms with van der Waals surface area (Å²) >= 11 is 0. The van der Waals surface area contributed by atoms with E-state index in [1.54, 1.807) is 36.4 Å². The van der Waals surface area contributed by atoms with E-state index in [1.807, 2.05) is 12.1 Å². The molecule has 0 aliphatic heterocycles. The van der Waals surface area contributed by atoms with E-state index in [0.29, 0.717) is 36.4 Å². The maximum atomic E-state index is 12.2. The minimum absolute atomic E-state index is 0.0516. The zero-order valence-electron chi connectivity index (χ0n) is 19.2. The van der Waals surface area contributed by atoms with Gasteiger partial charge in [-0.25, -0.2) is 4.99 Å². The highest BCUT2D eigenvalue weighted by molar-refractivity contribution is 5.94. The molecule has 0 saturated carbocycles. The van der Waals surface area contributed by atoms with Gasteiger partial charge in [0.15, 0.2) is 5.96 Å². The van der Waals surface area contributed by atoms with Gasteiger partial charge in [0.1, 0.15) is 0 Å². The van der Waals surface area contributed by atoms with Gasteiger partial charge in [0.05, 0.1) is 6.54 Å².